The molecule has 0 aromatic carbocycles. The zero-order valence-electron chi connectivity index (χ0n) is 7.60. The third-order valence-electron chi connectivity index (χ3n) is 1.61. The fourth-order valence-electron chi connectivity index (χ4n) is 0.898. The fraction of sp³-hybridized carbons (Fsp3) is 0.429. The van der Waals surface area contributed by atoms with Gasteiger partial charge in [-0.25, -0.2) is 4.98 Å². The van der Waals surface area contributed by atoms with Crippen molar-refractivity contribution < 1.29 is 0 Å². The van der Waals surface area contributed by atoms with Crippen LogP contribution >= 0.6 is 23.1 Å². The molecule has 0 saturated carbocycles. The number of aromatic nitrogens is 4. The predicted molar refractivity (Wildman–Crippen MR) is 56.5 cm³/mol. The maximum atomic E-state index is 4.29. The standard InChI is InChI=1S/C7H9N5S2/c1-2-6-10-7(14-11-6)8-3-5-4-9-12-13-5/h4H,2-3H2,1H3,(H,8,10,11). The largest absolute Gasteiger partial charge is 0.355 e. The van der Waals surface area contributed by atoms with Crippen LogP contribution in [0.4, 0.5) is 5.13 Å². The van der Waals surface area contributed by atoms with Crippen molar-refractivity contribution in [1.82, 2.24) is 18.9 Å². The van der Waals surface area contributed by atoms with Crippen molar-refractivity contribution in [3.8, 4) is 0 Å². The lowest BCUT2D eigenvalue weighted by Gasteiger charge is -1.95. The maximum Gasteiger partial charge on any atom is 0.202 e. The van der Waals surface area contributed by atoms with Gasteiger partial charge in [-0.05, 0) is 11.5 Å². The van der Waals surface area contributed by atoms with Crippen LogP contribution in [0.3, 0.4) is 0 Å². The first kappa shape index (κ1) is 9.47. The van der Waals surface area contributed by atoms with E-state index in [1.165, 1.54) is 23.1 Å². The smallest absolute Gasteiger partial charge is 0.202 e. The Balaban J connectivity index is 1.92. The normalized spacial score (nSPS) is 10.4. The fourth-order valence-corrected chi connectivity index (χ4v) is 1.97. The monoisotopic (exact) mass is 227 g/mol. The molecule has 74 valence electrons. The molecule has 1 N–H and O–H groups in total. The summed E-state index contributed by atoms with van der Waals surface area (Å²) in [5.41, 5.74) is 0. The molecule has 2 heterocycles. The van der Waals surface area contributed by atoms with Crippen LogP contribution in [0.5, 0.6) is 0 Å². The number of nitrogens with zero attached hydrogens (tertiary/aromatic N) is 4. The van der Waals surface area contributed by atoms with E-state index in [9.17, 15) is 0 Å². The Bertz CT molecular complexity index is 382. The number of hydrogen-bond donors (Lipinski definition) is 1. The Hall–Kier alpha value is -1.08. The minimum absolute atomic E-state index is 0.718. The quantitative estimate of drug-likeness (QED) is 0.858. The average Bonchev–Trinajstić information content (AvgIpc) is 2.86. The second kappa shape index (κ2) is 4.43. The lowest BCUT2D eigenvalue weighted by atomic mass is 10.5. The first-order valence-electron chi connectivity index (χ1n) is 4.21. The number of rotatable bonds is 4. The molecule has 0 spiro atoms. The molecule has 0 amide bonds. The molecular weight excluding hydrogens is 218 g/mol. The topological polar surface area (TPSA) is 63.6 Å². The highest BCUT2D eigenvalue weighted by atomic mass is 32.1. The van der Waals surface area contributed by atoms with Gasteiger partial charge in [0.2, 0.25) is 5.13 Å². The molecule has 0 aliphatic rings. The molecular formula is C7H9N5S2. The van der Waals surface area contributed by atoms with Crippen LogP contribution in [0.25, 0.3) is 0 Å². The van der Waals surface area contributed by atoms with Crippen LogP contribution in [-0.2, 0) is 13.0 Å². The van der Waals surface area contributed by atoms with Gasteiger partial charge in [0, 0.05) is 18.0 Å². The van der Waals surface area contributed by atoms with E-state index in [1.807, 2.05) is 6.92 Å². The minimum Gasteiger partial charge on any atom is -0.355 e. The van der Waals surface area contributed by atoms with Gasteiger partial charge in [-0.3, -0.25) is 0 Å². The summed E-state index contributed by atoms with van der Waals surface area (Å²) in [5, 5.41) is 7.79. The van der Waals surface area contributed by atoms with E-state index >= 15 is 0 Å². The van der Waals surface area contributed by atoms with Gasteiger partial charge in [-0.2, -0.15) is 4.37 Å². The summed E-state index contributed by atoms with van der Waals surface area (Å²) in [7, 11) is 0. The van der Waals surface area contributed by atoms with E-state index in [2.05, 4.69) is 24.3 Å². The van der Waals surface area contributed by atoms with Gasteiger partial charge < -0.3 is 5.32 Å². The van der Waals surface area contributed by atoms with Crippen molar-refractivity contribution in [1.29, 1.82) is 0 Å². The summed E-state index contributed by atoms with van der Waals surface area (Å²) in [6, 6.07) is 0. The van der Waals surface area contributed by atoms with E-state index in [-0.39, 0.29) is 0 Å². The van der Waals surface area contributed by atoms with E-state index in [1.54, 1.807) is 6.20 Å². The van der Waals surface area contributed by atoms with Crippen LogP contribution in [0.1, 0.15) is 17.6 Å². The van der Waals surface area contributed by atoms with Gasteiger partial charge in [0.05, 0.1) is 17.6 Å². The van der Waals surface area contributed by atoms with Crippen molar-refractivity contribution in [2.24, 2.45) is 0 Å². The van der Waals surface area contributed by atoms with Crippen LogP contribution in [0.15, 0.2) is 6.20 Å². The van der Waals surface area contributed by atoms with E-state index in [0.717, 1.165) is 28.8 Å². The Morgan fingerprint density at radius 1 is 1.43 bits per heavy atom. The van der Waals surface area contributed by atoms with Gasteiger partial charge in [0.25, 0.3) is 0 Å². The van der Waals surface area contributed by atoms with Gasteiger partial charge in [0.15, 0.2) is 0 Å². The van der Waals surface area contributed by atoms with E-state index in [0.29, 0.717) is 0 Å². The highest BCUT2D eigenvalue weighted by Gasteiger charge is 2.02. The maximum absolute atomic E-state index is 4.29. The molecule has 0 unspecified atom stereocenters. The van der Waals surface area contributed by atoms with Gasteiger partial charge in [0.1, 0.15) is 5.82 Å². The van der Waals surface area contributed by atoms with Crippen LogP contribution in [0.2, 0.25) is 0 Å². The van der Waals surface area contributed by atoms with Gasteiger partial charge in [-0.1, -0.05) is 11.4 Å². The third kappa shape index (κ3) is 2.24. The van der Waals surface area contributed by atoms with Crippen LogP contribution in [-0.4, -0.2) is 18.9 Å². The number of nitrogens with one attached hydrogen (secondary N) is 1. The Labute approximate surface area is 89.5 Å². The highest BCUT2D eigenvalue weighted by molar-refractivity contribution is 7.09. The molecule has 2 rings (SSSR count). The van der Waals surface area contributed by atoms with E-state index in [4.69, 9.17) is 0 Å². The molecule has 0 aliphatic heterocycles. The molecule has 14 heavy (non-hydrogen) atoms. The predicted octanol–water partition coefficient (Wildman–Crippen LogP) is 1.56. The summed E-state index contributed by atoms with van der Waals surface area (Å²) >= 11 is 2.78. The summed E-state index contributed by atoms with van der Waals surface area (Å²) in [5.74, 6) is 0.889. The second-order valence-corrected chi connectivity index (χ2v) is 4.23. The Morgan fingerprint density at radius 2 is 2.36 bits per heavy atom. The second-order valence-electron chi connectivity index (χ2n) is 2.61. The van der Waals surface area contributed by atoms with Crippen molar-refractivity contribution in [2.45, 2.75) is 19.9 Å². The zero-order chi connectivity index (χ0) is 9.80. The molecule has 0 atom stereocenters. The molecule has 2 aromatic rings. The van der Waals surface area contributed by atoms with Crippen molar-refractivity contribution in [3.05, 3.63) is 16.9 Å². The Kier molecular flexibility index (Phi) is 3.00. The molecule has 7 heteroatoms. The molecule has 5 nitrogen and oxygen atoms in total. The molecule has 0 saturated heterocycles. The zero-order valence-corrected chi connectivity index (χ0v) is 9.23. The minimum atomic E-state index is 0.718. The lowest BCUT2D eigenvalue weighted by Crippen LogP contribution is -1.96. The summed E-state index contributed by atoms with van der Waals surface area (Å²) in [6.45, 7) is 2.76. The molecule has 0 bridgehead atoms. The molecule has 2 aromatic heterocycles. The van der Waals surface area contributed by atoms with Gasteiger partial charge >= 0.3 is 0 Å². The summed E-state index contributed by atoms with van der Waals surface area (Å²) < 4.78 is 7.95. The van der Waals surface area contributed by atoms with Crippen molar-refractivity contribution in [3.63, 3.8) is 0 Å². The van der Waals surface area contributed by atoms with E-state index < -0.39 is 0 Å². The number of hydrogen-bond acceptors (Lipinski definition) is 7. The first-order chi connectivity index (χ1) is 6.88. The number of aryl methyl sites for hydroxylation is 1. The molecule has 0 radical (unpaired) electrons. The number of anilines is 1. The van der Waals surface area contributed by atoms with Crippen LogP contribution in [0, 0.1) is 0 Å². The lowest BCUT2D eigenvalue weighted by molar-refractivity contribution is 0.994. The molecule has 0 aliphatic carbocycles. The van der Waals surface area contributed by atoms with Crippen LogP contribution < -0.4 is 5.32 Å². The van der Waals surface area contributed by atoms with Gasteiger partial charge in [-0.15, -0.1) is 5.10 Å². The summed E-state index contributed by atoms with van der Waals surface area (Å²) in [4.78, 5) is 5.38. The van der Waals surface area contributed by atoms with Crippen molar-refractivity contribution in [2.75, 3.05) is 5.32 Å². The third-order valence-corrected chi connectivity index (χ3v) is 2.98. The van der Waals surface area contributed by atoms with Crippen molar-refractivity contribution >= 4 is 28.2 Å². The Morgan fingerprint density at radius 3 is 3.00 bits per heavy atom. The first-order valence-corrected chi connectivity index (χ1v) is 5.76. The summed E-state index contributed by atoms with van der Waals surface area (Å²) in [6.07, 6.45) is 2.62. The average molecular weight is 227 g/mol. The SMILES string of the molecule is CCc1nsc(NCc2cnns2)n1. The molecule has 0 fully saturated rings. The highest BCUT2D eigenvalue weighted by Crippen LogP contribution is 2.13.